The lowest BCUT2D eigenvalue weighted by atomic mass is 10.0. The van der Waals surface area contributed by atoms with E-state index >= 15 is 0 Å². The standard InChI is InChI=1S/C12H22N2O4/c1-9(2-3-11(15)16)4-5-14-12(17)10-8-13-6-7-18-10/h9-10,13H,2-8H2,1H3,(H,14,17)(H,15,16). The maximum absolute atomic E-state index is 11.7. The molecule has 0 bridgehead atoms. The number of amides is 1. The number of morpholine rings is 1. The van der Waals surface area contributed by atoms with Gasteiger partial charge in [0.1, 0.15) is 6.10 Å². The Kier molecular flexibility index (Phi) is 6.67. The number of rotatable bonds is 7. The van der Waals surface area contributed by atoms with Crippen LogP contribution >= 0.6 is 0 Å². The van der Waals surface area contributed by atoms with Gasteiger partial charge < -0.3 is 20.5 Å². The summed E-state index contributed by atoms with van der Waals surface area (Å²) in [4.78, 5) is 22.1. The van der Waals surface area contributed by atoms with E-state index in [9.17, 15) is 9.59 Å². The summed E-state index contributed by atoms with van der Waals surface area (Å²) in [5.41, 5.74) is 0. The van der Waals surface area contributed by atoms with Gasteiger partial charge in [0.25, 0.3) is 0 Å². The lowest BCUT2D eigenvalue weighted by molar-refractivity contribution is -0.137. The number of carbonyl (C=O) groups is 2. The normalized spacial score (nSPS) is 21.3. The molecule has 1 fully saturated rings. The summed E-state index contributed by atoms with van der Waals surface area (Å²) in [6.45, 7) is 4.47. The summed E-state index contributed by atoms with van der Waals surface area (Å²) in [6, 6.07) is 0. The number of hydrogen-bond donors (Lipinski definition) is 3. The third-order valence-electron chi connectivity index (χ3n) is 3.01. The SMILES string of the molecule is CC(CCNC(=O)C1CNCCO1)CCC(=O)O. The number of carbonyl (C=O) groups excluding carboxylic acids is 1. The van der Waals surface area contributed by atoms with Gasteiger partial charge in [-0.3, -0.25) is 9.59 Å². The molecule has 2 atom stereocenters. The fourth-order valence-corrected chi connectivity index (χ4v) is 1.80. The highest BCUT2D eigenvalue weighted by Crippen LogP contribution is 2.09. The van der Waals surface area contributed by atoms with Crippen molar-refractivity contribution in [3.05, 3.63) is 0 Å². The molecule has 0 saturated carbocycles. The quantitative estimate of drug-likeness (QED) is 0.597. The molecule has 0 radical (unpaired) electrons. The molecular weight excluding hydrogens is 236 g/mol. The van der Waals surface area contributed by atoms with Gasteiger partial charge in [0.15, 0.2) is 0 Å². The molecule has 2 unspecified atom stereocenters. The molecule has 6 heteroatoms. The molecule has 104 valence electrons. The Hall–Kier alpha value is -1.14. The van der Waals surface area contributed by atoms with Gasteiger partial charge >= 0.3 is 5.97 Å². The van der Waals surface area contributed by atoms with Crippen LogP contribution in [0.25, 0.3) is 0 Å². The van der Waals surface area contributed by atoms with Gasteiger partial charge in [-0.25, -0.2) is 0 Å². The van der Waals surface area contributed by atoms with Crippen molar-refractivity contribution in [2.24, 2.45) is 5.92 Å². The first-order valence-electron chi connectivity index (χ1n) is 6.41. The van der Waals surface area contributed by atoms with Gasteiger partial charge in [-0.2, -0.15) is 0 Å². The third-order valence-corrected chi connectivity index (χ3v) is 3.01. The second-order valence-electron chi connectivity index (χ2n) is 4.68. The van der Waals surface area contributed by atoms with Crippen molar-refractivity contribution in [3.63, 3.8) is 0 Å². The molecule has 1 aliphatic rings. The monoisotopic (exact) mass is 258 g/mol. The number of aliphatic carboxylic acids is 1. The first-order chi connectivity index (χ1) is 8.59. The molecule has 1 rings (SSSR count). The summed E-state index contributed by atoms with van der Waals surface area (Å²) < 4.78 is 5.32. The lowest BCUT2D eigenvalue weighted by Crippen LogP contribution is -2.48. The summed E-state index contributed by atoms with van der Waals surface area (Å²) in [5.74, 6) is -0.563. The molecule has 0 spiro atoms. The van der Waals surface area contributed by atoms with Gasteiger partial charge in [-0.1, -0.05) is 6.92 Å². The third kappa shape index (κ3) is 5.97. The molecule has 1 saturated heterocycles. The topological polar surface area (TPSA) is 87.7 Å². The molecule has 6 nitrogen and oxygen atoms in total. The second kappa shape index (κ2) is 8.05. The zero-order valence-corrected chi connectivity index (χ0v) is 10.8. The number of carboxylic acids is 1. The zero-order chi connectivity index (χ0) is 13.4. The van der Waals surface area contributed by atoms with Crippen molar-refractivity contribution in [3.8, 4) is 0 Å². The molecular formula is C12H22N2O4. The highest BCUT2D eigenvalue weighted by Gasteiger charge is 2.21. The number of hydrogen-bond acceptors (Lipinski definition) is 4. The van der Waals surface area contributed by atoms with E-state index in [4.69, 9.17) is 9.84 Å². The first-order valence-corrected chi connectivity index (χ1v) is 6.41. The van der Waals surface area contributed by atoms with Crippen LogP contribution in [0.15, 0.2) is 0 Å². The van der Waals surface area contributed by atoms with Gasteiger partial charge in [-0.15, -0.1) is 0 Å². The molecule has 1 amide bonds. The van der Waals surface area contributed by atoms with Crippen molar-refractivity contribution >= 4 is 11.9 Å². The van der Waals surface area contributed by atoms with E-state index < -0.39 is 12.1 Å². The fraction of sp³-hybridized carbons (Fsp3) is 0.833. The van der Waals surface area contributed by atoms with E-state index in [0.717, 1.165) is 13.0 Å². The van der Waals surface area contributed by atoms with Crippen LogP contribution in [0.4, 0.5) is 0 Å². The maximum Gasteiger partial charge on any atom is 0.303 e. The smallest absolute Gasteiger partial charge is 0.303 e. The highest BCUT2D eigenvalue weighted by molar-refractivity contribution is 5.81. The Labute approximate surface area is 107 Å². The summed E-state index contributed by atoms with van der Waals surface area (Å²) in [7, 11) is 0. The average Bonchev–Trinajstić information content (AvgIpc) is 2.37. The van der Waals surface area contributed by atoms with Crippen LogP contribution in [0.5, 0.6) is 0 Å². The van der Waals surface area contributed by atoms with Gasteiger partial charge in [-0.05, 0) is 18.8 Å². The second-order valence-corrected chi connectivity index (χ2v) is 4.68. The van der Waals surface area contributed by atoms with Crippen molar-refractivity contribution < 1.29 is 19.4 Å². The molecule has 0 aliphatic carbocycles. The minimum atomic E-state index is -0.771. The zero-order valence-electron chi connectivity index (χ0n) is 10.8. The Morgan fingerprint density at radius 1 is 1.50 bits per heavy atom. The summed E-state index contributed by atoms with van der Waals surface area (Å²) in [5, 5.41) is 14.5. The molecule has 0 aromatic heterocycles. The van der Waals surface area contributed by atoms with Crippen molar-refractivity contribution in [2.45, 2.75) is 32.3 Å². The van der Waals surface area contributed by atoms with Crippen LogP contribution in [-0.2, 0) is 14.3 Å². The molecule has 0 aromatic rings. The summed E-state index contributed by atoms with van der Waals surface area (Å²) >= 11 is 0. The lowest BCUT2D eigenvalue weighted by Gasteiger charge is -2.23. The van der Waals surface area contributed by atoms with Gasteiger partial charge in [0.2, 0.25) is 5.91 Å². The molecule has 3 N–H and O–H groups in total. The van der Waals surface area contributed by atoms with E-state index in [2.05, 4.69) is 10.6 Å². The van der Waals surface area contributed by atoms with E-state index in [1.54, 1.807) is 0 Å². The van der Waals surface area contributed by atoms with Crippen molar-refractivity contribution in [1.29, 1.82) is 0 Å². The minimum Gasteiger partial charge on any atom is -0.481 e. The Morgan fingerprint density at radius 2 is 2.28 bits per heavy atom. The van der Waals surface area contributed by atoms with Crippen LogP contribution in [0.3, 0.4) is 0 Å². The predicted octanol–water partition coefficient (Wildman–Crippen LogP) is -0.0180. The van der Waals surface area contributed by atoms with E-state index in [-0.39, 0.29) is 12.3 Å². The van der Waals surface area contributed by atoms with Crippen LogP contribution < -0.4 is 10.6 Å². The first kappa shape index (κ1) is 14.9. The Balaban J connectivity index is 2.08. The maximum atomic E-state index is 11.7. The minimum absolute atomic E-state index is 0.0902. The number of nitrogens with one attached hydrogen (secondary N) is 2. The molecule has 18 heavy (non-hydrogen) atoms. The number of ether oxygens (including phenoxy) is 1. The highest BCUT2D eigenvalue weighted by atomic mass is 16.5. The van der Waals surface area contributed by atoms with Crippen LogP contribution in [0.1, 0.15) is 26.2 Å². The molecule has 0 aromatic carbocycles. The fourth-order valence-electron chi connectivity index (χ4n) is 1.80. The summed E-state index contributed by atoms with van der Waals surface area (Å²) in [6.07, 6.45) is 1.23. The van der Waals surface area contributed by atoms with Crippen molar-refractivity contribution in [1.82, 2.24) is 10.6 Å². The molecule has 1 aliphatic heterocycles. The molecule has 1 heterocycles. The van der Waals surface area contributed by atoms with E-state index in [1.807, 2.05) is 6.92 Å². The Morgan fingerprint density at radius 3 is 2.89 bits per heavy atom. The number of carboxylic acid groups (broad SMARTS) is 1. The van der Waals surface area contributed by atoms with Crippen LogP contribution in [-0.4, -0.2) is 49.3 Å². The van der Waals surface area contributed by atoms with Crippen LogP contribution in [0.2, 0.25) is 0 Å². The Bertz CT molecular complexity index is 277. The van der Waals surface area contributed by atoms with E-state index in [0.29, 0.717) is 32.0 Å². The largest absolute Gasteiger partial charge is 0.481 e. The van der Waals surface area contributed by atoms with Gasteiger partial charge in [0.05, 0.1) is 6.61 Å². The van der Waals surface area contributed by atoms with Crippen LogP contribution in [0, 0.1) is 5.92 Å². The van der Waals surface area contributed by atoms with Crippen molar-refractivity contribution in [2.75, 3.05) is 26.2 Å². The van der Waals surface area contributed by atoms with Gasteiger partial charge in [0, 0.05) is 26.1 Å². The average molecular weight is 258 g/mol. The predicted molar refractivity (Wildman–Crippen MR) is 66.3 cm³/mol. The van der Waals surface area contributed by atoms with E-state index in [1.165, 1.54) is 0 Å².